The SMILES string of the molecule is CCOC(=O)c1ccc(NC(=O)Cn2ncc3c(C)n(Cc4ccc(F)cc4)c(C)c3c2=O)cc1. The van der Waals surface area contributed by atoms with E-state index in [0.29, 0.717) is 28.6 Å². The molecular formula is C26H25FN4O4. The van der Waals surface area contributed by atoms with Crippen molar-refractivity contribution in [2.45, 2.75) is 33.9 Å². The van der Waals surface area contributed by atoms with Crippen LogP contribution in [-0.2, 0) is 22.6 Å². The molecule has 0 atom stereocenters. The van der Waals surface area contributed by atoms with Crippen LogP contribution in [0.15, 0.2) is 59.5 Å². The molecule has 0 aliphatic carbocycles. The second kappa shape index (κ2) is 9.92. The number of ether oxygens (including phenoxy) is 1. The Morgan fingerprint density at radius 3 is 2.37 bits per heavy atom. The predicted octanol–water partition coefficient (Wildman–Crippen LogP) is 3.82. The number of hydrogen-bond donors (Lipinski definition) is 1. The van der Waals surface area contributed by atoms with E-state index in [4.69, 9.17) is 4.74 Å². The third kappa shape index (κ3) is 4.98. The molecule has 2 aromatic heterocycles. The quantitative estimate of drug-likeness (QED) is 0.409. The lowest BCUT2D eigenvalue weighted by atomic mass is 10.2. The van der Waals surface area contributed by atoms with E-state index in [2.05, 4.69) is 10.4 Å². The number of aromatic nitrogens is 3. The van der Waals surface area contributed by atoms with E-state index in [1.165, 1.54) is 12.1 Å². The van der Waals surface area contributed by atoms with Crippen molar-refractivity contribution in [3.05, 3.63) is 93.4 Å². The first-order valence-electron chi connectivity index (χ1n) is 11.2. The van der Waals surface area contributed by atoms with E-state index in [1.54, 1.807) is 49.5 Å². The van der Waals surface area contributed by atoms with Gasteiger partial charge in [-0.15, -0.1) is 0 Å². The smallest absolute Gasteiger partial charge is 0.338 e. The number of aryl methyl sites for hydroxylation is 2. The third-order valence-corrected chi connectivity index (χ3v) is 5.83. The summed E-state index contributed by atoms with van der Waals surface area (Å²) < 4.78 is 21.3. The first-order valence-corrected chi connectivity index (χ1v) is 11.2. The molecule has 2 aromatic carbocycles. The molecule has 1 amide bonds. The van der Waals surface area contributed by atoms with Gasteiger partial charge >= 0.3 is 5.97 Å². The number of anilines is 1. The van der Waals surface area contributed by atoms with Crippen LogP contribution >= 0.6 is 0 Å². The lowest BCUT2D eigenvalue weighted by molar-refractivity contribution is -0.117. The van der Waals surface area contributed by atoms with E-state index >= 15 is 0 Å². The van der Waals surface area contributed by atoms with Crippen molar-refractivity contribution in [3.8, 4) is 0 Å². The lowest BCUT2D eigenvalue weighted by Gasteiger charge is -2.09. The summed E-state index contributed by atoms with van der Waals surface area (Å²) in [5.41, 5.74) is 3.01. The summed E-state index contributed by atoms with van der Waals surface area (Å²) in [6.07, 6.45) is 1.58. The Balaban J connectivity index is 1.54. The van der Waals surface area contributed by atoms with Crippen molar-refractivity contribution >= 4 is 28.3 Å². The lowest BCUT2D eigenvalue weighted by Crippen LogP contribution is -2.29. The molecule has 0 unspecified atom stereocenters. The molecule has 9 heteroatoms. The number of fused-ring (bicyclic) bond motifs is 1. The average molecular weight is 477 g/mol. The van der Waals surface area contributed by atoms with Gasteiger partial charge in [0.15, 0.2) is 0 Å². The maximum absolute atomic E-state index is 13.3. The third-order valence-electron chi connectivity index (χ3n) is 5.83. The molecule has 0 saturated carbocycles. The molecule has 0 aliphatic heterocycles. The molecule has 0 spiro atoms. The number of nitrogens with one attached hydrogen (secondary N) is 1. The zero-order valence-electron chi connectivity index (χ0n) is 19.7. The first kappa shape index (κ1) is 23.9. The molecule has 180 valence electrons. The Bertz CT molecular complexity index is 1450. The van der Waals surface area contributed by atoms with Crippen LogP contribution in [0.4, 0.5) is 10.1 Å². The van der Waals surface area contributed by atoms with Crippen LogP contribution in [0.25, 0.3) is 10.8 Å². The first-order chi connectivity index (χ1) is 16.8. The molecular weight excluding hydrogens is 451 g/mol. The highest BCUT2D eigenvalue weighted by Crippen LogP contribution is 2.23. The topological polar surface area (TPSA) is 95.2 Å². The van der Waals surface area contributed by atoms with Crippen LogP contribution in [0, 0.1) is 19.7 Å². The number of hydrogen-bond acceptors (Lipinski definition) is 5. The molecule has 2 heterocycles. The Hall–Kier alpha value is -4.27. The van der Waals surface area contributed by atoms with Gasteiger partial charge in [0.1, 0.15) is 12.4 Å². The summed E-state index contributed by atoms with van der Waals surface area (Å²) in [7, 11) is 0. The molecule has 35 heavy (non-hydrogen) atoms. The van der Waals surface area contributed by atoms with E-state index in [1.807, 2.05) is 18.4 Å². The van der Waals surface area contributed by atoms with Crippen molar-refractivity contribution in [1.82, 2.24) is 14.3 Å². The van der Waals surface area contributed by atoms with E-state index < -0.39 is 11.9 Å². The molecule has 4 aromatic rings. The Kier molecular flexibility index (Phi) is 6.77. The molecule has 0 fully saturated rings. The van der Waals surface area contributed by atoms with E-state index in [-0.39, 0.29) is 24.5 Å². The van der Waals surface area contributed by atoms with E-state index in [9.17, 15) is 18.8 Å². The van der Waals surface area contributed by atoms with Crippen molar-refractivity contribution in [1.29, 1.82) is 0 Å². The second-order valence-electron chi connectivity index (χ2n) is 8.13. The largest absolute Gasteiger partial charge is 0.462 e. The molecule has 1 N–H and O–H groups in total. The van der Waals surface area contributed by atoms with Gasteiger partial charge in [0, 0.05) is 29.0 Å². The van der Waals surface area contributed by atoms with Crippen LogP contribution in [0.1, 0.15) is 34.2 Å². The van der Waals surface area contributed by atoms with Gasteiger partial charge < -0.3 is 14.6 Å². The fourth-order valence-corrected chi connectivity index (χ4v) is 4.01. The Morgan fingerprint density at radius 1 is 1.03 bits per heavy atom. The molecule has 0 bridgehead atoms. The highest BCUT2D eigenvalue weighted by atomic mass is 19.1. The summed E-state index contributed by atoms with van der Waals surface area (Å²) in [6.45, 7) is 5.96. The minimum Gasteiger partial charge on any atom is -0.462 e. The molecule has 8 nitrogen and oxygen atoms in total. The van der Waals surface area contributed by atoms with Gasteiger partial charge in [-0.3, -0.25) is 9.59 Å². The molecule has 4 rings (SSSR count). The summed E-state index contributed by atoms with van der Waals surface area (Å²) in [5.74, 6) is -1.17. The highest BCUT2D eigenvalue weighted by molar-refractivity contribution is 5.93. The molecule has 0 saturated heterocycles. The number of rotatable bonds is 7. The van der Waals surface area contributed by atoms with Crippen molar-refractivity contribution in [2.75, 3.05) is 11.9 Å². The van der Waals surface area contributed by atoms with Gasteiger partial charge in [-0.2, -0.15) is 5.10 Å². The Morgan fingerprint density at radius 2 is 1.71 bits per heavy atom. The minimum atomic E-state index is -0.438. The number of benzene rings is 2. The zero-order valence-corrected chi connectivity index (χ0v) is 19.7. The monoisotopic (exact) mass is 476 g/mol. The highest BCUT2D eigenvalue weighted by Gasteiger charge is 2.18. The van der Waals surface area contributed by atoms with Gasteiger partial charge in [-0.05, 0) is 62.7 Å². The van der Waals surface area contributed by atoms with Gasteiger partial charge in [0.05, 0.1) is 23.8 Å². The maximum atomic E-state index is 13.3. The normalized spacial score (nSPS) is 11.0. The second-order valence-corrected chi connectivity index (χ2v) is 8.13. The minimum absolute atomic E-state index is 0.268. The van der Waals surface area contributed by atoms with Crippen molar-refractivity contribution in [3.63, 3.8) is 0 Å². The number of halogens is 1. The summed E-state index contributed by atoms with van der Waals surface area (Å²) in [6, 6.07) is 12.5. The number of nitrogens with zero attached hydrogens (tertiary/aromatic N) is 3. The molecule has 0 aliphatic rings. The van der Waals surface area contributed by atoms with Crippen molar-refractivity contribution in [2.24, 2.45) is 0 Å². The predicted molar refractivity (Wildman–Crippen MR) is 130 cm³/mol. The molecule has 0 radical (unpaired) electrons. The van der Waals surface area contributed by atoms with Crippen LogP contribution < -0.4 is 10.9 Å². The van der Waals surface area contributed by atoms with Crippen molar-refractivity contribution < 1.29 is 18.7 Å². The summed E-state index contributed by atoms with van der Waals surface area (Å²) >= 11 is 0. The van der Waals surface area contributed by atoms with Crippen LogP contribution in [-0.4, -0.2) is 32.8 Å². The number of amides is 1. The fourth-order valence-electron chi connectivity index (χ4n) is 4.01. The van der Waals surface area contributed by atoms with E-state index in [0.717, 1.165) is 21.6 Å². The van der Waals surface area contributed by atoms with Crippen LogP contribution in [0.5, 0.6) is 0 Å². The van der Waals surface area contributed by atoms with Gasteiger partial charge in [0.2, 0.25) is 5.91 Å². The standard InChI is InChI=1S/C26H25FN4O4/c1-4-35-26(34)19-7-11-21(12-8-19)29-23(32)15-31-25(33)24-17(3)30(16(2)22(24)13-28-31)14-18-5-9-20(27)10-6-18/h5-13H,4,14-15H2,1-3H3,(H,29,32). The average Bonchev–Trinajstić information content (AvgIpc) is 3.08. The van der Waals surface area contributed by atoms with Crippen LogP contribution in [0.3, 0.4) is 0 Å². The zero-order chi connectivity index (χ0) is 25.1. The Labute approximate surface area is 200 Å². The number of carbonyl (C=O) groups is 2. The van der Waals surface area contributed by atoms with Gasteiger partial charge in [-0.1, -0.05) is 12.1 Å². The van der Waals surface area contributed by atoms with Crippen LogP contribution in [0.2, 0.25) is 0 Å². The fraction of sp³-hybridized carbons (Fsp3) is 0.231. The number of carbonyl (C=O) groups excluding carboxylic acids is 2. The van der Waals surface area contributed by atoms with Gasteiger partial charge in [-0.25, -0.2) is 13.9 Å². The summed E-state index contributed by atoms with van der Waals surface area (Å²) in [5, 5.41) is 8.11. The number of esters is 1. The van der Waals surface area contributed by atoms with Gasteiger partial charge in [0.25, 0.3) is 5.56 Å². The summed E-state index contributed by atoms with van der Waals surface area (Å²) in [4.78, 5) is 37.5. The maximum Gasteiger partial charge on any atom is 0.338 e.